The Morgan fingerprint density at radius 1 is 1.00 bits per heavy atom. The summed E-state index contributed by atoms with van der Waals surface area (Å²) in [7, 11) is 0. The molecule has 0 spiro atoms. The van der Waals surface area contributed by atoms with Gasteiger partial charge < -0.3 is 5.11 Å². The summed E-state index contributed by atoms with van der Waals surface area (Å²) in [4.78, 5) is 15.6. The van der Waals surface area contributed by atoms with Gasteiger partial charge in [0.1, 0.15) is 11.3 Å². The van der Waals surface area contributed by atoms with Crippen molar-refractivity contribution in [2.75, 3.05) is 0 Å². The van der Waals surface area contributed by atoms with Crippen molar-refractivity contribution in [1.82, 2.24) is 4.98 Å². The van der Waals surface area contributed by atoms with Crippen LogP contribution in [0.15, 0.2) is 54.6 Å². The number of aromatic nitrogens is 1. The zero-order valence-corrected chi connectivity index (χ0v) is 10.4. The zero-order chi connectivity index (χ0) is 14.1. The fraction of sp³-hybridized carbons (Fsp3) is 0. The Morgan fingerprint density at radius 3 is 2.35 bits per heavy atom. The first-order valence-corrected chi connectivity index (χ1v) is 6.05. The van der Waals surface area contributed by atoms with Gasteiger partial charge in [0.25, 0.3) is 0 Å². The van der Waals surface area contributed by atoms with Crippen LogP contribution in [0.5, 0.6) is 0 Å². The molecule has 0 amide bonds. The normalized spacial score (nSPS) is 10.7. The Hall–Kier alpha value is -2.75. The molecule has 0 atom stereocenters. The molecule has 0 saturated carbocycles. The SMILES string of the molecule is O=C(O)c1c(F)c(-c2ccccc2)nc2ccccc12. The molecule has 0 bridgehead atoms. The van der Waals surface area contributed by atoms with Crippen LogP contribution in [-0.4, -0.2) is 16.1 Å². The molecule has 0 aliphatic heterocycles. The molecule has 1 N–H and O–H groups in total. The van der Waals surface area contributed by atoms with E-state index >= 15 is 0 Å². The van der Waals surface area contributed by atoms with Crippen LogP contribution in [0.25, 0.3) is 22.2 Å². The lowest BCUT2D eigenvalue weighted by molar-refractivity contribution is 0.0694. The number of pyridine rings is 1. The number of nitrogens with zero attached hydrogens (tertiary/aromatic N) is 1. The van der Waals surface area contributed by atoms with Crippen LogP contribution in [0.3, 0.4) is 0 Å². The first kappa shape index (κ1) is 12.3. The number of hydrogen-bond donors (Lipinski definition) is 1. The molecule has 3 nitrogen and oxygen atoms in total. The van der Waals surface area contributed by atoms with E-state index in [4.69, 9.17) is 0 Å². The number of hydrogen-bond acceptors (Lipinski definition) is 2. The number of fused-ring (bicyclic) bond motifs is 1. The van der Waals surface area contributed by atoms with E-state index in [1.807, 2.05) is 0 Å². The molecule has 0 aliphatic carbocycles. The van der Waals surface area contributed by atoms with Crippen LogP contribution in [0.4, 0.5) is 4.39 Å². The first-order valence-electron chi connectivity index (χ1n) is 6.05. The number of halogens is 1. The molecule has 1 aromatic heterocycles. The monoisotopic (exact) mass is 267 g/mol. The lowest BCUT2D eigenvalue weighted by Gasteiger charge is -2.09. The van der Waals surface area contributed by atoms with Crippen LogP contribution in [0.1, 0.15) is 10.4 Å². The fourth-order valence-electron chi connectivity index (χ4n) is 2.19. The van der Waals surface area contributed by atoms with Gasteiger partial charge in [-0.1, -0.05) is 48.5 Å². The van der Waals surface area contributed by atoms with Crippen molar-refractivity contribution in [3.63, 3.8) is 0 Å². The van der Waals surface area contributed by atoms with Gasteiger partial charge in [-0.25, -0.2) is 14.2 Å². The van der Waals surface area contributed by atoms with Gasteiger partial charge in [0.2, 0.25) is 0 Å². The van der Waals surface area contributed by atoms with E-state index in [-0.39, 0.29) is 11.3 Å². The van der Waals surface area contributed by atoms with E-state index in [9.17, 15) is 14.3 Å². The van der Waals surface area contributed by atoms with E-state index < -0.39 is 11.8 Å². The van der Waals surface area contributed by atoms with Crippen molar-refractivity contribution in [1.29, 1.82) is 0 Å². The second-order valence-electron chi connectivity index (χ2n) is 4.34. The number of aromatic carboxylic acids is 1. The largest absolute Gasteiger partial charge is 0.478 e. The van der Waals surface area contributed by atoms with Crippen molar-refractivity contribution in [3.05, 3.63) is 66.0 Å². The van der Waals surface area contributed by atoms with E-state index in [2.05, 4.69) is 4.98 Å². The van der Waals surface area contributed by atoms with E-state index in [0.717, 1.165) is 0 Å². The first-order chi connectivity index (χ1) is 9.68. The maximum Gasteiger partial charge on any atom is 0.339 e. The molecule has 20 heavy (non-hydrogen) atoms. The Balaban J connectivity index is 2.40. The van der Waals surface area contributed by atoms with E-state index in [0.29, 0.717) is 16.5 Å². The number of benzene rings is 2. The van der Waals surface area contributed by atoms with Gasteiger partial charge in [-0.2, -0.15) is 0 Å². The highest BCUT2D eigenvalue weighted by molar-refractivity contribution is 6.04. The smallest absolute Gasteiger partial charge is 0.339 e. The Morgan fingerprint density at radius 2 is 1.65 bits per heavy atom. The number of carboxylic acid groups (broad SMARTS) is 1. The molecule has 1 heterocycles. The highest BCUT2D eigenvalue weighted by Crippen LogP contribution is 2.28. The van der Waals surface area contributed by atoms with Crippen molar-refractivity contribution in [2.45, 2.75) is 0 Å². The third-order valence-electron chi connectivity index (χ3n) is 3.09. The van der Waals surface area contributed by atoms with Crippen molar-refractivity contribution in [2.24, 2.45) is 0 Å². The van der Waals surface area contributed by atoms with Crippen LogP contribution >= 0.6 is 0 Å². The highest BCUT2D eigenvalue weighted by Gasteiger charge is 2.20. The minimum Gasteiger partial charge on any atom is -0.478 e. The molecule has 0 saturated heterocycles. The van der Waals surface area contributed by atoms with Gasteiger partial charge in [0.05, 0.1) is 5.52 Å². The van der Waals surface area contributed by atoms with Crippen molar-refractivity contribution >= 4 is 16.9 Å². The summed E-state index contributed by atoms with van der Waals surface area (Å²) in [5.41, 5.74) is 0.736. The number of carbonyl (C=O) groups is 1. The summed E-state index contributed by atoms with van der Waals surface area (Å²) in [5, 5.41) is 9.57. The van der Waals surface area contributed by atoms with Gasteiger partial charge in [-0.15, -0.1) is 0 Å². The molecule has 3 aromatic rings. The number of rotatable bonds is 2. The second kappa shape index (κ2) is 4.74. The van der Waals surface area contributed by atoms with E-state index in [1.54, 1.807) is 54.6 Å². The third kappa shape index (κ3) is 1.91. The minimum atomic E-state index is -1.29. The number of para-hydroxylation sites is 1. The molecule has 0 radical (unpaired) electrons. The van der Waals surface area contributed by atoms with Gasteiger partial charge in [0.15, 0.2) is 5.82 Å². The average Bonchev–Trinajstić information content (AvgIpc) is 2.47. The van der Waals surface area contributed by atoms with Crippen LogP contribution in [0.2, 0.25) is 0 Å². The maximum atomic E-state index is 14.5. The van der Waals surface area contributed by atoms with Gasteiger partial charge >= 0.3 is 5.97 Å². The number of carboxylic acids is 1. The van der Waals surface area contributed by atoms with Crippen LogP contribution < -0.4 is 0 Å². The topological polar surface area (TPSA) is 50.2 Å². The van der Waals surface area contributed by atoms with E-state index in [1.165, 1.54) is 0 Å². The van der Waals surface area contributed by atoms with Crippen molar-refractivity contribution < 1.29 is 14.3 Å². The second-order valence-corrected chi connectivity index (χ2v) is 4.34. The summed E-state index contributed by atoms with van der Waals surface area (Å²) in [6.45, 7) is 0. The molecule has 98 valence electrons. The van der Waals surface area contributed by atoms with Crippen LogP contribution in [0, 0.1) is 5.82 Å². The van der Waals surface area contributed by atoms with Gasteiger partial charge in [-0.05, 0) is 6.07 Å². The van der Waals surface area contributed by atoms with Gasteiger partial charge in [0, 0.05) is 10.9 Å². The fourth-order valence-corrected chi connectivity index (χ4v) is 2.19. The molecule has 3 rings (SSSR count). The molecule has 2 aromatic carbocycles. The summed E-state index contributed by atoms with van der Waals surface area (Å²) < 4.78 is 14.5. The predicted molar refractivity (Wildman–Crippen MR) is 74.1 cm³/mol. The Kier molecular flexibility index (Phi) is 2.91. The molecular weight excluding hydrogens is 257 g/mol. The third-order valence-corrected chi connectivity index (χ3v) is 3.09. The summed E-state index contributed by atoms with van der Waals surface area (Å²) in [5.74, 6) is -2.10. The zero-order valence-electron chi connectivity index (χ0n) is 10.4. The summed E-state index contributed by atoms with van der Waals surface area (Å²) in [6.07, 6.45) is 0. The lowest BCUT2D eigenvalue weighted by Crippen LogP contribution is -2.05. The van der Waals surface area contributed by atoms with Gasteiger partial charge in [-0.3, -0.25) is 0 Å². The summed E-state index contributed by atoms with van der Waals surface area (Å²) >= 11 is 0. The molecular formula is C16H10FNO2. The average molecular weight is 267 g/mol. The molecule has 0 aliphatic rings. The quantitative estimate of drug-likeness (QED) is 0.769. The minimum absolute atomic E-state index is 0.0571. The molecule has 0 unspecified atom stereocenters. The summed E-state index contributed by atoms with van der Waals surface area (Å²) in [6, 6.07) is 15.4. The van der Waals surface area contributed by atoms with Crippen molar-refractivity contribution in [3.8, 4) is 11.3 Å². The standard InChI is InChI=1S/C16H10FNO2/c17-14-13(16(19)20)11-8-4-5-9-12(11)18-15(14)10-6-2-1-3-7-10/h1-9H,(H,19,20). The lowest BCUT2D eigenvalue weighted by atomic mass is 10.0. The Labute approximate surface area is 114 Å². The Bertz CT molecular complexity index is 800. The predicted octanol–water partition coefficient (Wildman–Crippen LogP) is 3.74. The highest BCUT2D eigenvalue weighted by atomic mass is 19.1. The van der Waals surface area contributed by atoms with Crippen LogP contribution in [-0.2, 0) is 0 Å². The maximum absolute atomic E-state index is 14.5. The molecule has 0 fully saturated rings. The molecule has 4 heteroatoms.